The molecule has 2 N–H and O–H groups in total. The number of nitrogens with zero attached hydrogens (tertiary/aromatic N) is 1. The second kappa shape index (κ2) is 3.59. The maximum absolute atomic E-state index is 5.80. The van der Waals surface area contributed by atoms with Gasteiger partial charge >= 0.3 is 0 Å². The number of anilines is 1. The zero-order valence-corrected chi connectivity index (χ0v) is 9.19. The SMILES string of the molecule is Cc1cccc(-c2nc(Cl)sc2N)c1. The lowest BCUT2D eigenvalue weighted by molar-refractivity contribution is 1.39. The van der Waals surface area contributed by atoms with Crippen molar-refractivity contribution in [1.82, 2.24) is 4.98 Å². The van der Waals surface area contributed by atoms with Crippen LogP contribution in [0.3, 0.4) is 0 Å². The molecule has 0 aliphatic rings. The Morgan fingerprint density at radius 2 is 2.21 bits per heavy atom. The molecule has 2 nitrogen and oxygen atoms in total. The number of halogens is 1. The van der Waals surface area contributed by atoms with Crippen molar-refractivity contribution in [2.75, 3.05) is 5.73 Å². The molecule has 0 fully saturated rings. The zero-order chi connectivity index (χ0) is 10.1. The quantitative estimate of drug-likeness (QED) is 0.807. The highest BCUT2D eigenvalue weighted by molar-refractivity contribution is 7.19. The summed E-state index contributed by atoms with van der Waals surface area (Å²) in [5, 5.41) is 0.667. The van der Waals surface area contributed by atoms with Crippen molar-refractivity contribution in [2.45, 2.75) is 6.92 Å². The van der Waals surface area contributed by atoms with Gasteiger partial charge < -0.3 is 5.73 Å². The molecule has 1 aromatic heterocycles. The summed E-state index contributed by atoms with van der Waals surface area (Å²) < 4.78 is 0.485. The molecule has 2 aromatic rings. The van der Waals surface area contributed by atoms with Gasteiger partial charge in [0.1, 0.15) is 10.7 Å². The monoisotopic (exact) mass is 224 g/mol. The third kappa shape index (κ3) is 1.74. The first-order valence-electron chi connectivity index (χ1n) is 4.15. The molecule has 1 aromatic carbocycles. The molecule has 0 spiro atoms. The molecule has 0 amide bonds. The summed E-state index contributed by atoms with van der Waals surface area (Å²) >= 11 is 7.08. The van der Waals surface area contributed by atoms with E-state index in [0.29, 0.717) is 9.47 Å². The first-order valence-corrected chi connectivity index (χ1v) is 5.35. The van der Waals surface area contributed by atoms with Crippen LogP contribution >= 0.6 is 22.9 Å². The zero-order valence-electron chi connectivity index (χ0n) is 7.62. The van der Waals surface area contributed by atoms with Crippen molar-refractivity contribution >= 4 is 27.9 Å². The van der Waals surface area contributed by atoms with Crippen molar-refractivity contribution < 1.29 is 0 Å². The smallest absolute Gasteiger partial charge is 0.186 e. The Morgan fingerprint density at radius 3 is 2.79 bits per heavy atom. The summed E-state index contributed by atoms with van der Waals surface area (Å²) in [4.78, 5) is 4.18. The van der Waals surface area contributed by atoms with E-state index in [1.807, 2.05) is 31.2 Å². The van der Waals surface area contributed by atoms with E-state index < -0.39 is 0 Å². The van der Waals surface area contributed by atoms with Crippen molar-refractivity contribution in [2.24, 2.45) is 0 Å². The molecule has 0 saturated carbocycles. The van der Waals surface area contributed by atoms with Crippen LogP contribution in [0.2, 0.25) is 4.47 Å². The van der Waals surface area contributed by atoms with E-state index in [1.54, 1.807) is 0 Å². The van der Waals surface area contributed by atoms with Crippen LogP contribution in [-0.2, 0) is 0 Å². The van der Waals surface area contributed by atoms with Gasteiger partial charge in [0.15, 0.2) is 4.47 Å². The first kappa shape index (κ1) is 9.49. The predicted molar refractivity (Wildman–Crippen MR) is 61.7 cm³/mol. The lowest BCUT2D eigenvalue weighted by Gasteiger charge is -1.99. The summed E-state index contributed by atoms with van der Waals surface area (Å²) in [7, 11) is 0. The first-order chi connectivity index (χ1) is 6.66. The lowest BCUT2D eigenvalue weighted by Crippen LogP contribution is -1.85. The Morgan fingerprint density at radius 1 is 1.43 bits per heavy atom. The molecule has 72 valence electrons. The molecule has 0 bridgehead atoms. The van der Waals surface area contributed by atoms with Gasteiger partial charge in [0.05, 0.1) is 0 Å². The number of hydrogen-bond acceptors (Lipinski definition) is 3. The fourth-order valence-corrected chi connectivity index (χ4v) is 2.22. The largest absolute Gasteiger partial charge is 0.389 e. The second-order valence-electron chi connectivity index (χ2n) is 3.05. The maximum Gasteiger partial charge on any atom is 0.186 e. The molecule has 1 heterocycles. The fourth-order valence-electron chi connectivity index (χ4n) is 1.30. The number of nitrogens with two attached hydrogens (primary N) is 1. The highest BCUT2D eigenvalue weighted by atomic mass is 35.5. The van der Waals surface area contributed by atoms with E-state index in [0.717, 1.165) is 11.3 Å². The molecule has 0 saturated heterocycles. The van der Waals surface area contributed by atoms with Gasteiger partial charge in [-0.3, -0.25) is 0 Å². The van der Waals surface area contributed by atoms with E-state index in [2.05, 4.69) is 4.98 Å². The van der Waals surface area contributed by atoms with E-state index in [1.165, 1.54) is 16.9 Å². The van der Waals surface area contributed by atoms with Crippen LogP contribution in [0.15, 0.2) is 24.3 Å². The summed E-state index contributed by atoms with van der Waals surface area (Å²) in [5.74, 6) is 0. The Balaban J connectivity index is 2.54. The van der Waals surface area contributed by atoms with Crippen LogP contribution in [0.1, 0.15) is 5.56 Å². The topological polar surface area (TPSA) is 38.9 Å². The van der Waals surface area contributed by atoms with Crippen LogP contribution in [0, 0.1) is 6.92 Å². The minimum Gasteiger partial charge on any atom is -0.389 e. The van der Waals surface area contributed by atoms with Gasteiger partial charge in [-0.2, -0.15) is 0 Å². The van der Waals surface area contributed by atoms with Gasteiger partial charge in [-0.15, -0.1) is 0 Å². The van der Waals surface area contributed by atoms with E-state index >= 15 is 0 Å². The van der Waals surface area contributed by atoms with Gasteiger partial charge in [-0.1, -0.05) is 46.7 Å². The third-order valence-corrected chi connectivity index (χ3v) is 2.91. The molecule has 4 heteroatoms. The predicted octanol–water partition coefficient (Wildman–Crippen LogP) is 3.35. The van der Waals surface area contributed by atoms with E-state index in [9.17, 15) is 0 Å². The number of hydrogen-bond donors (Lipinski definition) is 1. The summed E-state index contributed by atoms with van der Waals surface area (Å²) in [5.41, 5.74) is 8.78. The molecule has 0 aliphatic carbocycles. The minimum atomic E-state index is 0.485. The van der Waals surface area contributed by atoms with Crippen molar-refractivity contribution in [1.29, 1.82) is 0 Å². The maximum atomic E-state index is 5.80. The second-order valence-corrected chi connectivity index (χ2v) is 4.66. The number of nitrogen functional groups attached to an aromatic ring is 1. The van der Waals surface area contributed by atoms with Crippen LogP contribution < -0.4 is 5.73 Å². The minimum absolute atomic E-state index is 0.485. The number of aryl methyl sites for hydroxylation is 1. The molecule has 0 atom stereocenters. The van der Waals surface area contributed by atoms with Crippen LogP contribution in [0.5, 0.6) is 0 Å². The molecule has 0 unspecified atom stereocenters. The Kier molecular flexibility index (Phi) is 2.44. The number of benzene rings is 1. The van der Waals surface area contributed by atoms with Gasteiger partial charge in [0.2, 0.25) is 0 Å². The van der Waals surface area contributed by atoms with E-state index in [-0.39, 0.29) is 0 Å². The summed E-state index contributed by atoms with van der Waals surface area (Å²) in [6, 6.07) is 8.04. The molecular formula is C10H9ClN2S. The molecular weight excluding hydrogens is 216 g/mol. The van der Waals surface area contributed by atoms with Crippen LogP contribution in [-0.4, -0.2) is 4.98 Å². The van der Waals surface area contributed by atoms with Crippen molar-refractivity contribution in [3.8, 4) is 11.3 Å². The Hall–Kier alpha value is -1.06. The average Bonchev–Trinajstić information content (AvgIpc) is 2.45. The third-order valence-electron chi connectivity index (χ3n) is 1.92. The Labute approximate surface area is 91.4 Å². The van der Waals surface area contributed by atoms with Gasteiger partial charge in [0, 0.05) is 5.56 Å². The highest BCUT2D eigenvalue weighted by Gasteiger charge is 2.08. The normalized spacial score (nSPS) is 10.4. The number of aromatic nitrogens is 1. The number of thiazole rings is 1. The average molecular weight is 225 g/mol. The highest BCUT2D eigenvalue weighted by Crippen LogP contribution is 2.32. The van der Waals surface area contributed by atoms with Gasteiger partial charge in [-0.25, -0.2) is 4.98 Å². The van der Waals surface area contributed by atoms with Crippen LogP contribution in [0.4, 0.5) is 5.00 Å². The van der Waals surface area contributed by atoms with Gasteiger partial charge in [0.25, 0.3) is 0 Å². The Bertz CT molecular complexity index is 465. The molecule has 2 rings (SSSR count). The molecule has 0 radical (unpaired) electrons. The van der Waals surface area contributed by atoms with Gasteiger partial charge in [-0.05, 0) is 13.0 Å². The summed E-state index contributed by atoms with van der Waals surface area (Å²) in [6.07, 6.45) is 0. The van der Waals surface area contributed by atoms with Crippen LogP contribution in [0.25, 0.3) is 11.3 Å². The fraction of sp³-hybridized carbons (Fsp3) is 0.100. The summed E-state index contributed by atoms with van der Waals surface area (Å²) in [6.45, 7) is 2.04. The molecule has 0 aliphatic heterocycles. The molecule has 14 heavy (non-hydrogen) atoms. The van der Waals surface area contributed by atoms with Crippen molar-refractivity contribution in [3.05, 3.63) is 34.3 Å². The van der Waals surface area contributed by atoms with Crippen molar-refractivity contribution in [3.63, 3.8) is 0 Å². The van der Waals surface area contributed by atoms with E-state index in [4.69, 9.17) is 17.3 Å². The number of rotatable bonds is 1. The standard InChI is InChI=1S/C10H9ClN2S/c1-6-3-2-4-7(5-6)8-9(12)14-10(11)13-8/h2-5H,12H2,1H3. The lowest BCUT2D eigenvalue weighted by atomic mass is 10.1.